The van der Waals surface area contributed by atoms with Gasteiger partial charge in [0.1, 0.15) is 5.75 Å². The average molecular weight is 390 g/mol. The third-order valence-electron chi connectivity index (χ3n) is 5.87. The van der Waals surface area contributed by atoms with E-state index in [0.717, 1.165) is 24.8 Å². The molecule has 2 aromatic rings. The number of hydrogen-bond acceptors (Lipinski definition) is 3. The molecule has 4 rings (SSSR count). The second-order valence-electron chi connectivity index (χ2n) is 7.26. The lowest BCUT2D eigenvalue weighted by Gasteiger charge is -2.41. The van der Waals surface area contributed by atoms with Crippen molar-refractivity contribution in [3.8, 4) is 5.75 Å². The lowest BCUT2D eigenvalue weighted by atomic mass is 9.76. The Hall–Kier alpha value is -1.55. The zero-order valence-corrected chi connectivity index (χ0v) is 16.1. The molecule has 2 aliphatic heterocycles. The first kappa shape index (κ1) is 17.8. The van der Waals surface area contributed by atoms with Gasteiger partial charge >= 0.3 is 5.97 Å². The first-order valence-electron chi connectivity index (χ1n) is 8.97. The lowest BCUT2D eigenvalue weighted by molar-refractivity contribution is -0.143. The average Bonchev–Trinajstić information content (AvgIpc) is 2.87. The van der Waals surface area contributed by atoms with Crippen LogP contribution < -0.4 is 4.74 Å². The second kappa shape index (κ2) is 7.22. The zero-order valence-electron chi connectivity index (χ0n) is 14.6. The Balaban J connectivity index is 1.63. The van der Waals surface area contributed by atoms with Crippen molar-refractivity contribution in [3.05, 3.63) is 64.1 Å². The van der Waals surface area contributed by atoms with Gasteiger partial charge < -0.3 is 4.74 Å². The predicted molar refractivity (Wildman–Crippen MR) is 104 cm³/mol. The summed E-state index contributed by atoms with van der Waals surface area (Å²) < 4.78 is 5.73. The molecule has 2 bridgehead atoms. The highest BCUT2D eigenvalue weighted by molar-refractivity contribution is 6.30. The Labute approximate surface area is 163 Å². The van der Waals surface area contributed by atoms with E-state index >= 15 is 0 Å². The van der Waals surface area contributed by atoms with Crippen molar-refractivity contribution < 1.29 is 9.53 Å². The molecule has 0 aliphatic carbocycles. The minimum atomic E-state index is -0.185. The maximum atomic E-state index is 13.1. The Bertz CT molecular complexity index is 791. The minimum Gasteiger partial charge on any atom is -0.426 e. The van der Waals surface area contributed by atoms with Gasteiger partial charge in [-0.3, -0.25) is 9.69 Å². The van der Waals surface area contributed by atoms with E-state index in [1.54, 1.807) is 24.3 Å². The van der Waals surface area contributed by atoms with Gasteiger partial charge in [-0.25, -0.2) is 0 Å². The number of benzene rings is 2. The molecule has 2 aromatic carbocycles. The fraction of sp³-hybridized carbons (Fsp3) is 0.381. The molecule has 0 N–H and O–H groups in total. The summed E-state index contributed by atoms with van der Waals surface area (Å²) in [5.41, 5.74) is 1.16. The predicted octanol–water partition coefficient (Wildman–Crippen LogP) is 5.17. The van der Waals surface area contributed by atoms with E-state index in [1.807, 2.05) is 24.3 Å². The summed E-state index contributed by atoms with van der Waals surface area (Å²) in [4.78, 5) is 15.5. The van der Waals surface area contributed by atoms with Gasteiger partial charge in [-0.1, -0.05) is 35.3 Å². The summed E-state index contributed by atoms with van der Waals surface area (Å²) in [5.74, 6) is 0.345. The number of carbonyl (C=O) groups is 1. The molecular weight excluding hydrogens is 369 g/mol. The monoisotopic (exact) mass is 389 g/mol. The van der Waals surface area contributed by atoms with Crippen LogP contribution in [0.4, 0.5) is 0 Å². The topological polar surface area (TPSA) is 29.5 Å². The van der Waals surface area contributed by atoms with Crippen molar-refractivity contribution in [2.45, 2.75) is 37.3 Å². The summed E-state index contributed by atoms with van der Waals surface area (Å²) >= 11 is 12.0. The van der Waals surface area contributed by atoms with Crippen molar-refractivity contribution >= 4 is 29.2 Å². The standard InChI is InChI=1S/C21H21Cl2NO2/c1-24-16-8-11-19(24)20(18(12-16)13-2-4-14(22)5-3-13)21(25)26-17-9-6-15(23)7-10-17/h2-7,9-10,16,18-20H,8,11-12H2,1H3/t16-,18-,19?,20?/m1/s1. The van der Waals surface area contributed by atoms with E-state index in [1.165, 1.54) is 0 Å². The molecule has 26 heavy (non-hydrogen) atoms. The van der Waals surface area contributed by atoms with Crippen LogP contribution in [-0.2, 0) is 4.79 Å². The van der Waals surface area contributed by atoms with Crippen LogP contribution in [0, 0.1) is 5.92 Å². The van der Waals surface area contributed by atoms with Crippen molar-refractivity contribution in [1.29, 1.82) is 0 Å². The summed E-state index contributed by atoms with van der Waals surface area (Å²) in [6.07, 6.45) is 3.14. The first-order valence-corrected chi connectivity index (χ1v) is 9.73. The molecule has 0 radical (unpaired) electrons. The van der Waals surface area contributed by atoms with Gasteiger partial charge in [0.05, 0.1) is 5.92 Å². The third kappa shape index (κ3) is 3.36. The molecule has 4 atom stereocenters. The molecule has 2 aliphatic rings. The van der Waals surface area contributed by atoms with E-state index in [2.05, 4.69) is 11.9 Å². The van der Waals surface area contributed by atoms with Crippen LogP contribution in [0.15, 0.2) is 48.5 Å². The number of rotatable bonds is 3. The molecule has 0 aromatic heterocycles. The van der Waals surface area contributed by atoms with Gasteiger partial charge in [-0.15, -0.1) is 0 Å². The van der Waals surface area contributed by atoms with Crippen LogP contribution in [0.2, 0.25) is 10.0 Å². The zero-order chi connectivity index (χ0) is 18.3. The molecular formula is C21H21Cl2NO2. The van der Waals surface area contributed by atoms with Crippen LogP contribution in [0.25, 0.3) is 0 Å². The number of hydrogen-bond donors (Lipinski definition) is 0. The van der Waals surface area contributed by atoms with E-state index in [4.69, 9.17) is 27.9 Å². The maximum Gasteiger partial charge on any atom is 0.316 e. The van der Waals surface area contributed by atoms with Gasteiger partial charge in [-0.2, -0.15) is 0 Å². The van der Waals surface area contributed by atoms with Crippen LogP contribution >= 0.6 is 23.2 Å². The number of ether oxygens (including phenoxy) is 1. The van der Waals surface area contributed by atoms with Crippen LogP contribution in [0.1, 0.15) is 30.7 Å². The van der Waals surface area contributed by atoms with Gasteiger partial charge in [0.15, 0.2) is 0 Å². The largest absolute Gasteiger partial charge is 0.426 e. The van der Waals surface area contributed by atoms with Crippen molar-refractivity contribution in [1.82, 2.24) is 4.90 Å². The molecule has 2 unspecified atom stereocenters. The quantitative estimate of drug-likeness (QED) is 0.535. The summed E-state index contributed by atoms with van der Waals surface area (Å²) in [7, 11) is 2.13. The van der Waals surface area contributed by atoms with Crippen molar-refractivity contribution in [2.75, 3.05) is 7.05 Å². The van der Waals surface area contributed by atoms with E-state index in [0.29, 0.717) is 21.8 Å². The first-order chi connectivity index (χ1) is 12.5. The SMILES string of the molecule is CN1C2CC[C@@H]1C[C@H](c1ccc(Cl)cc1)C2C(=O)Oc1ccc(Cl)cc1. The summed E-state index contributed by atoms with van der Waals surface area (Å²) in [6.45, 7) is 0. The van der Waals surface area contributed by atoms with Gasteiger partial charge in [-0.05, 0) is 68.3 Å². The van der Waals surface area contributed by atoms with E-state index < -0.39 is 0 Å². The summed E-state index contributed by atoms with van der Waals surface area (Å²) in [6, 6.07) is 15.6. The Kier molecular flexibility index (Phi) is 4.96. The fourth-order valence-corrected chi connectivity index (χ4v) is 4.78. The Morgan fingerprint density at radius 1 is 1.00 bits per heavy atom. The van der Waals surface area contributed by atoms with Gasteiger partial charge in [0.25, 0.3) is 0 Å². The van der Waals surface area contributed by atoms with Crippen LogP contribution in [0.5, 0.6) is 5.75 Å². The number of carbonyl (C=O) groups excluding carboxylic acids is 1. The van der Waals surface area contributed by atoms with Crippen molar-refractivity contribution in [3.63, 3.8) is 0 Å². The van der Waals surface area contributed by atoms with Gasteiger partial charge in [0.2, 0.25) is 0 Å². The minimum absolute atomic E-state index is 0.153. The molecule has 0 spiro atoms. The highest BCUT2D eigenvalue weighted by Crippen LogP contribution is 2.46. The molecule has 2 fully saturated rings. The highest BCUT2D eigenvalue weighted by Gasteiger charge is 2.49. The number of halogens is 2. The highest BCUT2D eigenvalue weighted by atomic mass is 35.5. The smallest absolute Gasteiger partial charge is 0.316 e. The third-order valence-corrected chi connectivity index (χ3v) is 6.38. The molecule has 0 amide bonds. The lowest BCUT2D eigenvalue weighted by Crippen LogP contribution is -2.49. The van der Waals surface area contributed by atoms with Crippen molar-refractivity contribution in [2.24, 2.45) is 5.92 Å². The molecule has 5 heteroatoms. The number of nitrogens with zero attached hydrogens (tertiary/aromatic N) is 1. The fourth-order valence-electron chi connectivity index (χ4n) is 4.53. The Morgan fingerprint density at radius 2 is 1.62 bits per heavy atom. The molecule has 0 saturated carbocycles. The molecule has 2 saturated heterocycles. The van der Waals surface area contributed by atoms with Crippen LogP contribution in [0.3, 0.4) is 0 Å². The number of piperidine rings is 1. The summed E-state index contributed by atoms with van der Waals surface area (Å²) in [5, 5.41) is 1.34. The molecule has 3 nitrogen and oxygen atoms in total. The number of esters is 1. The molecule has 2 heterocycles. The van der Waals surface area contributed by atoms with Gasteiger partial charge in [0, 0.05) is 28.0 Å². The van der Waals surface area contributed by atoms with E-state index in [-0.39, 0.29) is 23.8 Å². The maximum absolute atomic E-state index is 13.1. The second-order valence-corrected chi connectivity index (χ2v) is 8.13. The van der Waals surface area contributed by atoms with E-state index in [9.17, 15) is 4.79 Å². The molecule has 136 valence electrons. The van der Waals surface area contributed by atoms with Crippen LogP contribution in [-0.4, -0.2) is 30.0 Å². The Morgan fingerprint density at radius 3 is 2.27 bits per heavy atom. The number of fused-ring (bicyclic) bond motifs is 2. The normalized spacial score (nSPS) is 28.1.